The molecule has 0 N–H and O–H groups in total. The molecule has 0 amide bonds. The third-order valence-electron chi connectivity index (χ3n) is 6.96. The van der Waals surface area contributed by atoms with Gasteiger partial charge in [-0.25, -0.2) is 0 Å². The average molecular weight is 681 g/mol. The van der Waals surface area contributed by atoms with E-state index >= 15 is 0 Å². The normalized spacial score (nSPS) is 13.2. The molecular weight excluding hydrogens is 661 g/mol. The van der Waals surface area contributed by atoms with Crippen LogP contribution in [-0.4, -0.2) is 31.3 Å². The number of hydrogen-bond acceptors (Lipinski definition) is 3. The van der Waals surface area contributed by atoms with Gasteiger partial charge in [0.2, 0.25) is 0 Å². The Morgan fingerprint density at radius 1 is 0.657 bits per heavy atom. The van der Waals surface area contributed by atoms with Crippen LogP contribution in [0.2, 0.25) is 0 Å². The molecule has 166 valence electrons. The molecule has 0 atom stereocenters. The molecule has 0 saturated heterocycles. The number of rotatable bonds is 2. The van der Waals surface area contributed by atoms with Gasteiger partial charge in [0.05, 0.1) is 0 Å². The number of benzene rings is 4. The molecule has 0 fully saturated rings. The van der Waals surface area contributed by atoms with Crippen LogP contribution in [0.3, 0.4) is 0 Å². The zero-order valence-electron chi connectivity index (χ0n) is 18.9. The molecule has 7 aromatic rings. The third-order valence-corrected chi connectivity index (χ3v) is 21.2. The summed E-state index contributed by atoms with van der Waals surface area (Å²) in [5.41, 5.74) is 3.54. The molecule has 0 bridgehead atoms. The topological polar surface area (TPSA) is 17.8 Å². The van der Waals surface area contributed by atoms with E-state index in [9.17, 15) is 0 Å². The second-order valence-corrected chi connectivity index (χ2v) is 18.9. The average Bonchev–Trinajstić information content (AvgIpc) is 3.63. The number of hydrogen-bond donors (Lipinski definition) is 0. The van der Waals surface area contributed by atoms with Gasteiger partial charge in [-0.05, 0) is 0 Å². The summed E-state index contributed by atoms with van der Waals surface area (Å²) in [5, 5.41) is 2.94. The zero-order chi connectivity index (χ0) is 23.1. The van der Waals surface area contributed by atoms with Gasteiger partial charge in [0.15, 0.2) is 0 Å². The first-order valence-corrected chi connectivity index (χ1v) is 18.5. The minimum absolute atomic E-state index is 1.06. The second kappa shape index (κ2) is 7.57. The Hall–Kier alpha value is -2.85. The molecule has 4 heterocycles. The summed E-state index contributed by atoms with van der Waals surface area (Å²) in [6.45, 7) is 0. The van der Waals surface area contributed by atoms with Crippen molar-refractivity contribution >= 4 is 85.4 Å². The first-order valence-electron chi connectivity index (χ1n) is 11.6. The van der Waals surface area contributed by atoms with E-state index in [1.54, 1.807) is 6.54 Å². The van der Waals surface area contributed by atoms with E-state index < -0.39 is 21.8 Å². The van der Waals surface area contributed by atoms with Crippen LogP contribution in [0, 0.1) is 0 Å². The van der Waals surface area contributed by atoms with Crippen LogP contribution in [0.25, 0.3) is 52.3 Å². The number of nitrogens with zero attached hydrogens (tertiary/aromatic N) is 2. The van der Waals surface area contributed by atoms with Gasteiger partial charge in [-0.2, -0.15) is 0 Å². The molecule has 8 rings (SSSR count). The Labute approximate surface area is 218 Å². The van der Waals surface area contributed by atoms with Gasteiger partial charge in [-0.3, -0.25) is 0 Å². The molecule has 3 aromatic heterocycles. The van der Waals surface area contributed by atoms with Crippen LogP contribution < -0.4 is 9.81 Å². The van der Waals surface area contributed by atoms with Crippen molar-refractivity contribution in [1.29, 1.82) is 0 Å². The summed E-state index contributed by atoms with van der Waals surface area (Å²) >= 11 is 1.34. The van der Waals surface area contributed by atoms with E-state index in [1.807, 2.05) is 22.7 Å². The molecule has 2 nitrogen and oxygen atoms in total. The molecule has 0 radical (unpaired) electrons. The van der Waals surface area contributed by atoms with Gasteiger partial charge >= 0.3 is 220 Å². The molecule has 0 unspecified atom stereocenters. The third kappa shape index (κ3) is 2.81. The Kier molecular flexibility index (Phi) is 4.41. The quantitative estimate of drug-likeness (QED) is 0.200. The molecule has 5 heteroatoms. The summed E-state index contributed by atoms with van der Waals surface area (Å²) in [4.78, 5) is 8.18. The maximum absolute atomic E-state index is 5.13. The predicted octanol–water partition coefficient (Wildman–Crippen LogP) is 6.17. The fraction of sp³-hybridized carbons (Fsp3) is 0.0333. The number of aromatic nitrogens is 2. The summed E-state index contributed by atoms with van der Waals surface area (Å²) in [6, 6.07) is 35.6. The number of para-hydroxylation sites is 2. The fourth-order valence-corrected chi connectivity index (χ4v) is 22.8. The number of imidazole rings is 1. The van der Waals surface area contributed by atoms with Crippen LogP contribution in [0.15, 0.2) is 97.1 Å². The first-order chi connectivity index (χ1) is 17.3. The molecule has 0 spiro atoms. The predicted molar refractivity (Wildman–Crippen MR) is 153 cm³/mol. The van der Waals surface area contributed by atoms with Crippen molar-refractivity contribution in [2.24, 2.45) is 7.05 Å². The van der Waals surface area contributed by atoms with E-state index in [2.05, 4.69) is 109 Å². The Morgan fingerprint density at radius 3 is 1.91 bits per heavy atom. The van der Waals surface area contributed by atoms with Crippen LogP contribution in [0.5, 0.6) is 0 Å². The fourth-order valence-electron chi connectivity index (χ4n) is 5.41. The minimum atomic E-state index is -2.64. The van der Waals surface area contributed by atoms with Gasteiger partial charge in [0.25, 0.3) is 0 Å². The molecule has 35 heavy (non-hydrogen) atoms. The molecule has 0 saturated carbocycles. The molecule has 1 aliphatic heterocycles. The van der Waals surface area contributed by atoms with Gasteiger partial charge in [-0.15, -0.1) is 0 Å². The molecule has 4 aromatic carbocycles. The van der Waals surface area contributed by atoms with Crippen molar-refractivity contribution < 1.29 is 0 Å². The zero-order valence-corrected chi connectivity index (χ0v) is 24.0. The van der Waals surface area contributed by atoms with Gasteiger partial charge in [0.1, 0.15) is 0 Å². The van der Waals surface area contributed by atoms with Crippen LogP contribution in [-0.2, 0) is 7.05 Å². The van der Waals surface area contributed by atoms with E-state index in [0.717, 1.165) is 11.3 Å². The Morgan fingerprint density at radius 2 is 1.23 bits per heavy atom. The maximum atomic E-state index is 5.13. The van der Waals surface area contributed by atoms with Gasteiger partial charge < -0.3 is 0 Å². The van der Waals surface area contributed by atoms with Crippen LogP contribution >= 0.6 is 22.7 Å². The van der Waals surface area contributed by atoms with Gasteiger partial charge in [0, 0.05) is 0 Å². The number of thiophene rings is 2. The van der Waals surface area contributed by atoms with E-state index in [-0.39, 0.29) is 0 Å². The Bertz CT molecular complexity index is 1860. The van der Waals surface area contributed by atoms with Crippen LogP contribution in [0.4, 0.5) is 0 Å². The standard InChI is InChI=1S/C16H8S2.C14H11N2.Bi/c1-3-7-13-11(5-1)9-15(17-13)16-10-12-6-2-4-8-14(12)18-16;1-16-13-10-6-5-9-12(13)15-14(16)11-7-3-2-4-8-11;/h1-8H;2-7,9-10H,1H3;. The van der Waals surface area contributed by atoms with E-state index in [0.29, 0.717) is 0 Å². The van der Waals surface area contributed by atoms with Crippen molar-refractivity contribution in [3.63, 3.8) is 0 Å². The summed E-state index contributed by atoms with van der Waals surface area (Å²) in [6.07, 6.45) is 0. The number of fused-ring (bicyclic) bond motifs is 8. The SMILES string of the molecule is Cn1c(-c2cccc[c]2[Bi]2[c]3c(sc4ccccc34)-c3sc4ccccc4[c]32)nc2ccccc21. The monoisotopic (exact) mass is 680 g/mol. The van der Waals surface area contributed by atoms with Crippen molar-refractivity contribution in [1.82, 2.24) is 9.55 Å². The molecule has 0 aliphatic carbocycles. The van der Waals surface area contributed by atoms with Crippen molar-refractivity contribution in [3.8, 4) is 21.1 Å². The van der Waals surface area contributed by atoms with Crippen molar-refractivity contribution in [2.45, 2.75) is 0 Å². The molecular formula is C30H19BiN2S2. The first kappa shape index (κ1) is 20.4. The number of aryl methyl sites for hydroxylation is 1. The summed E-state index contributed by atoms with van der Waals surface area (Å²) < 4.78 is 9.97. The second-order valence-electron chi connectivity index (χ2n) is 8.89. The summed E-state index contributed by atoms with van der Waals surface area (Å²) in [5.74, 6) is 1.07. The van der Waals surface area contributed by atoms with Gasteiger partial charge in [-0.1, -0.05) is 0 Å². The Balaban J connectivity index is 1.48. The van der Waals surface area contributed by atoms with Crippen LogP contribution in [0.1, 0.15) is 0 Å². The molecule has 1 aliphatic rings. The van der Waals surface area contributed by atoms with E-state index in [1.165, 1.54) is 44.3 Å². The van der Waals surface area contributed by atoms with Crippen molar-refractivity contribution in [3.05, 3.63) is 97.1 Å². The van der Waals surface area contributed by atoms with E-state index in [4.69, 9.17) is 4.98 Å². The summed E-state index contributed by atoms with van der Waals surface area (Å²) in [7, 11) is 2.15. The van der Waals surface area contributed by atoms with Crippen molar-refractivity contribution in [2.75, 3.05) is 0 Å².